The number of morpholine rings is 1. The number of ketones is 1. The van der Waals surface area contributed by atoms with Crippen LogP contribution in [-0.2, 0) is 19.8 Å². The summed E-state index contributed by atoms with van der Waals surface area (Å²) in [7, 11) is 1.34. The van der Waals surface area contributed by atoms with Gasteiger partial charge in [0.05, 0.1) is 17.2 Å². The van der Waals surface area contributed by atoms with Crippen LogP contribution in [0.4, 0.5) is 0 Å². The average Bonchev–Trinajstić information content (AvgIpc) is 3.25. The van der Waals surface area contributed by atoms with E-state index < -0.39 is 64.6 Å². The topological polar surface area (TPSA) is 156 Å². The van der Waals surface area contributed by atoms with Crippen LogP contribution in [0.1, 0.15) is 55.6 Å². The Morgan fingerprint density at radius 1 is 1.24 bits per heavy atom. The number of ether oxygens (including phenoxy) is 4. The van der Waals surface area contributed by atoms with Crippen molar-refractivity contribution in [3.8, 4) is 11.5 Å². The van der Waals surface area contributed by atoms with E-state index in [1.807, 2.05) is 19.9 Å². The zero-order chi connectivity index (χ0) is 27.5. The Bertz CT molecular complexity index is 1380. The first-order valence-electron chi connectivity index (χ1n) is 12.8. The van der Waals surface area contributed by atoms with Gasteiger partial charge in [-0.15, -0.1) is 0 Å². The molecule has 0 spiro atoms. The summed E-state index contributed by atoms with van der Waals surface area (Å²) < 4.78 is 22.8. The first-order valence-corrected chi connectivity index (χ1v) is 12.8. The van der Waals surface area contributed by atoms with E-state index in [4.69, 9.17) is 18.9 Å². The monoisotopic (exact) mass is 530 g/mol. The number of quaternary nitrogens is 1. The second-order valence-electron chi connectivity index (χ2n) is 11.0. The third-order valence-corrected chi connectivity index (χ3v) is 8.49. The molecule has 204 valence electrons. The van der Waals surface area contributed by atoms with Crippen LogP contribution in [0.15, 0.2) is 28.2 Å². The van der Waals surface area contributed by atoms with Crippen LogP contribution in [0.3, 0.4) is 0 Å². The van der Waals surface area contributed by atoms with Crippen LogP contribution in [0.2, 0.25) is 0 Å². The molecule has 0 bridgehead atoms. The van der Waals surface area contributed by atoms with E-state index in [0.29, 0.717) is 23.3 Å². The molecule has 6 rings (SSSR count). The minimum atomic E-state index is -2.33. The zero-order valence-electron chi connectivity index (χ0n) is 21.8. The second kappa shape index (κ2) is 8.18. The predicted molar refractivity (Wildman–Crippen MR) is 130 cm³/mol. The third kappa shape index (κ3) is 3.15. The van der Waals surface area contributed by atoms with Gasteiger partial charge in [0.25, 0.3) is 0 Å². The van der Waals surface area contributed by atoms with Crippen molar-refractivity contribution in [3.05, 3.63) is 50.3 Å². The first-order chi connectivity index (χ1) is 17.9. The van der Waals surface area contributed by atoms with Gasteiger partial charge < -0.3 is 39.4 Å². The number of allylic oxidation sites excluding steroid dienone is 2. The van der Waals surface area contributed by atoms with E-state index in [1.165, 1.54) is 7.11 Å². The molecule has 1 aromatic rings. The number of carbonyl (C=O) groups is 1. The lowest BCUT2D eigenvalue weighted by atomic mass is 9.82. The fraction of sp³-hybridized carbons (Fsp3) is 0.556. The zero-order valence-corrected chi connectivity index (χ0v) is 21.8. The van der Waals surface area contributed by atoms with Crippen LogP contribution in [0.25, 0.3) is 5.57 Å². The fourth-order valence-electron chi connectivity index (χ4n) is 6.77. The Kier molecular flexibility index (Phi) is 5.52. The van der Waals surface area contributed by atoms with E-state index in [9.17, 15) is 30.0 Å². The van der Waals surface area contributed by atoms with Gasteiger partial charge in [0.15, 0.2) is 28.3 Å². The average molecular weight is 531 g/mol. The molecule has 2 fully saturated rings. The van der Waals surface area contributed by atoms with Crippen LogP contribution < -0.4 is 15.1 Å². The summed E-state index contributed by atoms with van der Waals surface area (Å²) in [5, 5.41) is 44.9. The molecule has 2 saturated heterocycles. The van der Waals surface area contributed by atoms with Crippen LogP contribution >= 0.6 is 0 Å². The molecule has 2 unspecified atom stereocenters. The molecule has 0 amide bonds. The van der Waals surface area contributed by atoms with Gasteiger partial charge in [-0.05, 0) is 39.3 Å². The number of nitrogens with one attached hydrogen (secondary N) is 1. The largest absolute Gasteiger partial charge is 0.504 e. The van der Waals surface area contributed by atoms with Gasteiger partial charge in [0.1, 0.15) is 36.6 Å². The minimum Gasteiger partial charge on any atom is -0.504 e. The molecule has 11 heteroatoms. The van der Waals surface area contributed by atoms with Crippen molar-refractivity contribution >= 4 is 11.4 Å². The molecule has 4 aliphatic heterocycles. The Labute approximate surface area is 218 Å². The molecule has 0 aromatic heterocycles. The van der Waals surface area contributed by atoms with Gasteiger partial charge in [0.2, 0.25) is 12.1 Å². The fourth-order valence-corrected chi connectivity index (χ4v) is 6.77. The number of methoxy groups -OCH3 is 1. The Balaban J connectivity index is 1.58. The van der Waals surface area contributed by atoms with Crippen molar-refractivity contribution in [2.24, 2.45) is 0 Å². The highest BCUT2D eigenvalue weighted by atomic mass is 16.7. The van der Waals surface area contributed by atoms with Crippen LogP contribution in [-0.4, -0.2) is 82.4 Å². The van der Waals surface area contributed by atoms with Crippen molar-refractivity contribution in [1.29, 1.82) is 0 Å². The second-order valence-corrected chi connectivity index (χ2v) is 11.0. The number of hydrogen-bond acceptors (Lipinski definition) is 10. The normalized spacial score (nSPS) is 41.0. The molecular formula is C27H32NO10+. The lowest BCUT2D eigenvalue weighted by Gasteiger charge is -2.44. The van der Waals surface area contributed by atoms with Gasteiger partial charge in [-0.2, -0.15) is 0 Å². The maximum absolute atomic E-state index is 13.9. The Morgan fingerprint density at radius 2 is 1.95 bits per heavy atom. The summed E-state index contributed by atoms with van der Waals surface area (Å²) >= 11 is 0. The van der Waals surface area contributed by atoms with E-state index in [1.54, 1.807) is 13.8 Å². The number of carbonyl (C=O) groups excluding carboxylic acids is 1. The molecule has 5 N–H and O–H groups in total. The summed E-state index contributed by atoms with van der Waals surface area (Å²) in [6.07, 6.45) is -2.98. The minimum absolute atomic E-state index is 0.0390. The molecule has 1 aromatic carbocycles. The van der Waals surface area contributed by atoms with Gasteiger partial charge in [-0.1, -0.05) is 6.92 Å². The SMILES string of the molecule is CC[C@H]1O[C@@](C)(O)C[NH+]2C1=C1C(=O)c3cc(=O)c4c(c(O)c3C1=CC2C)O[C@@H]1O[C@H](C)[C@@H](OC)[C@@H](O)[C@]41O. The molecule has 9 atom stereocenters. The number of fused-ring (bicyclic) bond motifs is 7. The van der Waals surface area contributed by atoms with Crippen molar-refractivity contribution in [2.75, 3.05) is 13.7 Å². The lowest BCUT2D eigenvalue weighted by molar-refractivity contribution is -0.903. The molecule has 38 heavy (non-hydrogen) atoms. The maximum atomic E-state index is 13.9. The quantitative estimate of drug-likeness (QED) is 0.324. The van der Waals surface area contributed by atoms with Gasteiger partial charge in [-0.25, -0.2) is 0 Å². The number of aliphatic hydroxyl groups is 3. The first kappa shape index (κ1) is 25.6. The third-order valence-electron chi connectivity index (χ3n) is 8.49. The predicted octanol–water partition coefficient (Wildman–Crippen LogP) is -0.909. The summed E-state index contributed by atoms with van der Waals surface area (Å²) in [5.41, 5.74) is -2.02. The summed E-state index contributed by atoms with van der Waals surface area (Å²) in [6.45, 7) is 7.26. The van der Waals surface area contributed by atoms with E-state index >= 15 is 0 Å². The molecule has 0 saturated carbocycles. The Morgan fingerprint density at radius 3 is 2.61 bits per heavy atom. The van der Waals surface area contributed by atoms with Crippen molar-refractivity contribution in [3.63, 3.8) is 0 Å². The smallest absolute Gasteiger partial charge is 0.236 e. The van der Waals surface area contributed by atoms with Crippen molar-refractivity contribution in [2.45, 2.75) is 82.3 Å². The number of rotatable bonds is 2. The van der Waals surface area contributed by atoms with Crippen LogP contribution in [0, 0.1) is 0 Å². The van der Waals surface area contributed by atoms with Gasteiger partial charge in [-0.3, -0.25) is 14.5 Å². The summed E-state index contributed by atoms with van der Waals surface area (Å²) in [6, 6.07) is 0.877. The van der Waals surface area contributed by atoms with Crippen LogP contribution in [0.5, 0.6) is 11.5 Å². The highest BCUT2D eigenvalue weighted by Gasteiger charge is 2.63. The number of aliphatic hydroxyl groups excluding tert-OH is 1. The van der Waals surface area contributed by atoms with Crippen molar-refractivity contribution < 1.29 is 49.1 Å². The number of Topliss-reactive ketones (excluding diaryl/α,β-unsaturated/α-hetero) is 1. The molecule has 4 heterocycles. The van der Waals surface area contributed by atoms with E-state index in [2.05, 4.69) is 0 Å². The number of aromatic hydroxyl groups is 1. The van der Waals surface area contributed by atoms with E-state index in [-0.39, 0.29) is 29.5 Å². The molecule has 1 aliphatic carbocycles. The molecule has 5 aliphatic rings. The number of hydrogen-bond donors (Lipinski definition) is 5. The van der Waals surface area contributed by atoms with Gasteiger partial charge >= 0.3 is 0 Å². The lowest BCUT2D eigenvalue weighted by Crippen LogP contribution is -3.18. The molecular weight excluding hydrogens is 498 g/mol. The summed E-state index contributed by atoms with van der Waals surface area (Å²) in [4.78, 5) is 28.4. The van der Waals surface area contributed by atoms with Crippen molar-refractivity contribution in [1.82, 2.24) is 0 Å². The highest BCUT2D eigenvalue weighted by Crippen LogP contribution is 2.54. The van der Waals surface area contributed by atoms with E-state index in [0.717, 1.165) is 11.0 Å². The maximum Gasteiger partial charge on any atom is 0.236 e. The molecule has 0 radical (unpaired) electrons. The molecule has 11 nitrogen and oxygen atoms in total. The Hall–Kier alpha value is -2.64. The standard InChI is InChI=1S/C27H31NO10/c1-6-15-19-17-12(7-10(2)28(19)9-26(4,33)38-15)16-13(20(17)30)8-14(29)18-23(21(16)31)37-25-27(18,34)24(32)22(35-5)11(3)36-25/h7-8,10-11,15,22,24-25,31-34H,6,9H2,1-5H3/p+1/t10?,11-,15-,22-,24-,25+,26-,27-/m1/s1. The van der Waals surface area contributed by atoms with Gasteiger partial charge in [0, 0.05) is 23.8 Å². The highest BCUT2D eigenvalue weighted by molar-refractivity contribution is 6.28. The summed E-state index contributed by atoms with van der Waals surface area (Å²) in [5.74, 6) is -2.70.